The van der Waals surface area contributed by atoms with Gasteiger partial charge >= 0.3 is 0 Å². The lowest BCUT2D eigenvalue weighted by molar-refractivity contribution is 0.0666. The van der Waals surface area contributed by atoms with Crippen molar-refractivity contribution in [2.24, 2.45) is 0 Å². The summed E-state index contributed by atoms with van der Waals surface area (Å²) < 4.78 is 13.7. The molecule has 1 unspecified atom stereocenters. The van der Waals surface area contributed by atoms with Crippen LogP contribution in [0, 0.1) is 13.8 Å². The number of aliphatic hydroxyl groups excluding tert-OH is 2. The number of benzene rings is 1. The maximum atomic E-state index is 13.2. The second-order valence-corrected chi connectivity index (χ2v) is 8.77. The lowest BCUT2D eigenvalue weighted by Gasteiger charge is -2.22. The molecule has 1 aliphatic heterocycles. The highest BCUT2D eigenvalue weighted by Gasteiger charge is 2.34. The first-order chi connectivity index (χ1) is 16.3. The van der Waals surface area contributed by atoms with Gasteiger partial charge in [0.2, 0.25) is 0 Å². The molecule has 0 saturated carbocycles. The van der Waals surface area contributed by atoms with Crippen LogP contribution in [0.3, 0.4) is 0 Å². The van der Waals surface area contributed by atoms with Crippen LogP contribution in [0.4, 0.5) is 0 Å². The van der Waals surface area contributed by atoms with Crippen LogP contribution in [0.2, 0.25) is 0 Å². The molecule has 34 heavy (non-hydrogen) atoms. The van der Waals surface area contributed by atoms with Gasteiger partial charge in [-0.2, -0.15) is 5.10 Å². The highest BCUT2D eigenvalue weighted by atomic mass is 16.5. The molecule has 4 aromatic rings. The molecule has 1 aliphatic rings. The van der Waals surface area contributed by atoms with Crippen molar-refractivity contribution < 1.29 is 24.2 Å². The van der Waals surface area contributed by atoms with Crippen molar-refractivity contribution in [1.82, 2.24) is 19.8 Å². The molecule has 9 nitrogen and oxygen atoms in total. The van der Waals surface area contributed by atoms with Crippen LogP contribution in [0.15, 0.2) is 41.1 Å². The summed E-state index contributed by atoms with van der Waals surface area (Å²) in [5, 5.41) is 28.3. The predicted octanol–water partition coefficient (Wildman–Crippen LogP) is 3.30. The Bertz CT molecular complexity index is 1390. The molecule has 9 heteroatoms. The van der Waals surface area contributed by atoms with Crippen molar-refractivity contribution in [3.05, 3.63) is 59.1 Å². The number of nitrogens with one attached hydrogen (secondary N) is 1. The second-order valence-electron chi connectivity index (χ2n) is 8.77. The lowest BCUT2D eigenvalue weighted by atomic mass is 10.1. The number of amides is 1. The van der Waals surface area contributed by atoms with Gasteiger partial charge < -0.3 is 24.3 Å². The van der Waals surface area contributed by atoms with Gasteiger partial charge in [0, 0.05) is 35.8 Å². The van der Waals surface area contributed by atoms with E-state index in [-0.39, 0.29) is 11.9 Å². The van der Waals surface area contributed by atoms with E-state index in [1.807, 2.05) is 32.9 Å². The molecule has 0 aliphatic carbocycles. The Balaban J connectivity index is 1.50. The van der Waals surface area contributed by atoms with Gasteiger partial charge in [0.05, 0.1) is 23.9 Å². The number of likely N-dealkylation sites (tertiary alicyclic amines) is 1. The van der Waals surface area contributed by atoms with Crippen molar-refractivity contribution in [3.8, 4) is 11.5 Å². The molecule has 3 N–H and O–H groups in total. The normalized spacial score (nSPS) is 19.3. The van der Waals surface area contributed by atoms with E-state index in [0.717, 1.165) is 10.9 Å². The third-order valence-corrected chi connectivity index (χ3v) is 6.76. The molecule has 0 spiro atoms. The first-order valence-electron chi connectivity index (χ1n) is 11.3. The van der Waals surface area contributed by atoms with E-state index in [2.05, 4.69) is 10.4 Å². The molecule has 5 rings (SSSR count). The Kier molecular flexibility index (Phi) is 5.55. The molecule has 0 bridgehead atoms. The monoisotopic (exact) mass is 464 g/mol. The molecule has 1 fully saturated rings. The second kappa shape index (κ2) is 8.43. The van der Waals surface area contributed by atoms with E-state index in [0.29, 0.717) is 52.5 Å². The quantitative estimate of drug-likeness (QED) is 0.389. The molecule has 1 aromatic carbocycles. The van der Waals surface area contributed by atoms with Gasteiger partial charge in [-0.3, -0.25) is 10.1 Å². The number of carbonyl (C=O) groups is 1. The first-order valence-corrected chi connectivity index (χ1v) is 11.3. The van der Waals surface area contributed by atoms with Crippen LogP contribution < -0.4 is 10.1 Å². The standard InChI is InChI=1S/C25H28N4O5/c1-13-18(25(32)28-10-8-19(30)14(28)2)12-29-23(13)20(7-9-27-29)34-16-5-6-17-21(11-16)33-15(3)22(17)24(31)26-4/h5-7,9,11-12,14,19,24,26,30-31H,8,10H2,1-4H3/t14-,19-,24?/m0/s1. The van der Waals surface area contributed by atoms with Gasteiger partial charge in [0.25, 0.3) is 5.91 Å². The summed E-state index contributed by atoms with van der Waals surface area (Å²) in [4.78, 5) is 14.9. The van der Waals surface area contributed by atoms with Gasteiger partial charge in [-0.15, -0.1) is 0 Å². The minimum atomic E-state index is -0.827. The summed E-state index contributed by atoms with van der Waals surface area (Å²) in [5.41, 5.74) is 3.29. The molecule has 178 valence electrons. The van der Waals surface area contributed by atoms with Crippen LogP contribution in [0.5, 0.6) is 11.5 Å². The van der Waals surface area contributed by atoms with E-state index in [4.69, 9.17) is 9.15 Å². The first kappa shape index (κ1) is 22.4. The van der Waals surface area contributed by atoms with Crippen molar-refractivity contribution >= 4 is 22.4 Å². The number of aromatic nitrogens is 2. The summed E-state index contributed by atoms with van der Waals surface area (Å²) in [5.74, 6) is 1.62. The molecular weight excluding hydrogens is 436 g/mol. The number of carbonyl (C=O) groups excluding carboxylic acids is 1. The summed E-state index contributed by atoms with van der Waals surface area (Å²) in [7, 11) is 1.68. The number of aliphatic hydroxyl groups is 2. The Morgan fingerprint density at radius 2 is 2.12 bits per heavy atom. The van der Waals surface area contributed by atoms with Crippen molar-refractivity contribution in [1.29, 1.82) is 0 Å². The average molecular weight is 465 g/mol. The Labute approximate surface area is 196 Å². The van der Waals surface area contributed by atoms with Gasteiger partial charge in [0.15, 0.2) is 5.75 Å². The van der Waals surface area contributed by atoms with Crippen LogP contribution >= 0.6 is 0 Å². The van der Waals surface area contributed by atoms with Crippen LogP contribution in [-0.4, -0.2) is 56.4 Å². The maximum Gasteiger partial charge on any atom is 0.256 e. The number of aryl methyl sites for hydroxylation is 2. The van der Waals surface area contributed by atoms with Gasteiger partial charge in [-0.1, -0.05) is 0 Å². The average Bonchev–Trinajstić information content (AvgIpc) is 3.45. The molecule has 3 aromatic heterocycles. The van der Waals surface area contributed by atoms with E-state index < -0.39 is 12.3 Å². The third-order valence-electron chi connectivity index (χ3n) is 6.76. The number of hydrogen-bond donors (Lipinski definition) is 3. The summed E-state index contributed by atoms with van der Waals surface area (Å²) in [6.45, 7) is 6.07. The number of ether oxygens (including phenoxy) is 1. The smallest absolute Gasteiger partial charge is 0.256 e. The Morgan fingerprint density at radius 3 is 2.82 bits per heavy atom. The Morgan fingerprint density at radius 1 is 1.32 bits per heavy atom. The van der Waals surface area contributed by atoms with E-state index >= 15 is 0 Å². The molecule has 4 heterocycles. The zero-order chi connectivity index (χ0) is 24.1. The fourth-order valence-corrected chi connectivity index (χ4v) is 4.78. The molecule has 1 saturated heterocycles. The molecule has 1 amide bonds. The van der Waals surface area contributed by atoms with E-state index in [1.165, 1.54) is 0 Å². The fourth-order valence-electron chi connectivity index (χ4n) is 4.78. The largest absolute Gasteiger partial charge is 0.461 e. The van der Waals surface area contributed by atoms with Crippen molar-refractivity contribution in [2.45, 2.75) is 45.6 Å². The summed E-state index contributed by atoms with van der Waals surface area (Å²) in [6, 6.07) is 6.98. The topological polar surface area (TPSA) is 112 Å². The van der Waals surface area contributed by atoms with Crippen molar-refractivity contribution in [3.63, 3.8) is 0 Å². The number of rotatable bonds is 5. The lowest BCUT2D eigenvalue weighted by Crippen LogP contribution is -2.37. The molecule has 3 atom stereocenters. The third kappa shape index (κ3) is 3.53. The number of nitrogens with zero attached hydrogens (tertiary/aromatic N) is 3. The van der Waals surface area contributed by atoms with Gasteiger partial charge in [-0.05, 0) is 51.9 Å². The molecule has 0 radical (unpaired) electrons. The van der Waals surface area contributed by atoms with E-state index in [1.54, 1.807) is 41.0 Å². The van der Waals surface area contributed by atoms with Gasteiger partial charge in [-0.25, -0.2) is 4.52 Å². The SMILES string of the molecule is CNC(O)c1c(C)oc2cc(Oc3ccnn4cc(C(=O)N5CC[C@H](O)[C@@H]5C)c(C)c34)ccc12. The summed E-state index contributed by atoms with van der Waals surface area (Å²) in [6.07, 6.45) is 2.57. The van der Waals surface area contributed by atoms with Crippen molar-refractivity contribution in [2.75, 3.05) is 13.6 Å². The van der Waals surface area contributed by atoms with Crippen LogP contribution in [0.1, 0.15) is 46.8 Å². The minimum Gasteiger partial charge on any atom is -0.461 e. The van der Waals surface area contributed by atoms with Gasteiger partial charge in [0.1, 0.15) is 28.8 Å². The predicted molar refractivity (Wildman–Crippen MR) is 126 cm³/mol. The van der Waals surface area contributed by atoms with Crippen LogP contribution in [0.25, 0.3) is 16.5 Å². The highest BCUT2D eigenvalue weighted by molar-refractivity contribution is 5.98. The minimum absolute atomic E-state index is 0.124. The zero-order valence-electron chi connectivity index (χ0n) is 19.6. The van der Waals surface area contributed by atoms with Crippen LogP contribution in [-0.2, 0) is 0 Å². The number of hydrogen-bond acceptors (Lipinski definition) is 7. The maximum absolute atomic E-state index is 13.2. The fraction of sp³-hybridized carbons (Fsp3) is 0.360. The Hall–Kier alpha value is -3.40. The summed E-state index contributed by atoms with van der Waals surface area (Å²) >= 11 is 0. The molecular formula is C25H28N4O5. The number of furan rings is 1. The number of fused-ring (bicyclic) bond motifs is 2. The highest BCUT2D eigenvalue weighted by Crippen LogP contribution is 2.35. The van der Waals surface area contributed by atoms with E-state index in [9.17, 15) is 15.0 Å². The zero-order valence-corrected chi connectivity index (χ0v) is 19.6.